The standard InChI is InChI=1S/C23H22ClFN4O3/c1-3-18(31)29-8-7-28-11-15-22-14(9-26-27(22)2)19(20-16(25)5-4-6-17(20)30)21(24)23(15)32-12-13(28)10-29/h3-6,9,13,30H,1,7-8,10-12H2,2H3. The number of benzene rings is 2. The maximum Gasteiger partial charge on any atom is 0.246 e. The number of hydrogen-bond acceptors (Lipinski definition) is 5. The molecule has 2 aromatic carbocycles. The molecule has 0 bridgehead atoms. The number of phenolic OH excluding ortho intramolecular Hbond substituents is 1. The fourth-order valence-corrected chi connectivity index (χ4v) is 5.09. The van der Waals surface area contributed by atoms with Crippen LogP contribution in [0.3, 0.4) is 0 Å². The Hall–Kier alpha value is -3.10. The monoisotopic (exact) mass is 456 g/mol. The number of rotatable bonds is 2. The van der Waals surface area contributed by atoms with Crippen LogP contribution in [0.4, 0.5) is 4.39 Å². The Morgan fingerprint density at radius 1 is 1.38 bits per heavy atom. The van der Waals surface area contributed by atoms with Crippen LogP contribution in [0.25, 0.3) is 22.0 Å². The first-order chi connectivity index (χ1) is 15.4. The van der Waals surface area contributed by atoms with Crippen molar-refractivity contribution < 1.29 is 19.0 Å². The number of phenols is 1. The van der Waals surface area contributed by atoms with Crippen LogP contribution in [0, 0.1) is 5.82 Å². The van der Waals surface area contributed by atoms with E-state index in [1.165, 1.54) is 24.3 Å². The maximum atomic E-state index is 14.8. The predicted octanol–water partition coefficient (Wildman–Crippen LogP) is 3.33. The lowest BCUT2D eigenvalue weighted by atomic mass is 9.96. The number of piperazine rings is 1. The zero-order chi connectivity index (χ0) is 22.6. The normalized spacial score (nSPS) is 18.6. The van der Waals surface area contributed by atoms with Gasteiger partial charge in [-0.15, -0.1) is 0 Å². The average molecular weight is 457 g/mol. The van der Waals surface area contributed by atoms with E-state index in [2.05, 4.69) is 16.6 Å². The van der Waals surface area contributed by atoms with Crippen molar-refractivity contribution in [2.45, 2.75) is 12.6 Å². The van der Waals surface area contributed by atoms with Crippen LogP contribution < -0.4 is 4.74 Å². The van der Waals surface area contributed by atoms with Gasteiger partial charge in [0.2, 0.25) is 5.91 Å². The van der Waals surface area contributed by atoms with Crippen LogP contribution >= 0.6 is 11.6 Å². The first kappa shape index (κ1) is 20.8. The molecule has 1 aromatic heterocycles. The molecule has 7 nitrogen and oxygen atoms in total. The number of ether oxygens (including phenoxy) is 1. The van der Waals surface area contributed by atoms with Gasteiger partial charge in [0.1, 0.15) is 23.9 Å². The highest BCUT2D eigenvalue weighted by molar-refractivity contribution is 6.37. The third-order valence-corrected chi connectivity index (χ3v) is 6.66. The minimum Gasteiger partial charge on any atom is -0.507 e. The summed E-state index contributed by atoms with van der Waals surface area (Å²) in [6.45, 7) is 6.25. The van der Waals surface area contributed by atoms with E-state index in [1.807, 2.05) is 7.05 Å². The highest BCUT2D eigenvalue weighted by atomic mass is 35.5. The van der Waals surface area contributed by atoms with Crippen molar-refractivity contribution in [3.63, 3.8) is 0 Å². The van der Waals surface area contributed by atoms with Crippen molar-refractivity contribution in [3.8, 4) is 22.6 Å². The molecule has 0 radical (unpaired) electrons. The molecule has 1 N–H and O–H groups in total. The van der Waals surface area contributed by atoms with E-state index in [-0.39, 0.29) is 28.3 Å². The Morgan fingerprint density at radius 2 is 2.19 bits per heavy atom. The number of fused-ring (bicyclic) bond motifs is 4. The fourth-order valence-electron chi connectivity index (χ4n) is 4.72. The molecule has 1 amide bonds. The minimum atomic E-state index is -0.582. The molecular weight excluding hydrogens is 435 g/mol. The van der Waals surface area contributed by atoms with Gasteiger partial charge in [-0.2, -0.15) is 5.10 Å². The van der Waals surface area contributed by atoms with E-state index in [4.69, 9.17) is 16.3 Å². The molecule has 3 aromatic rings. The number of carbonyl (C=O) groups is 1. The van der Waals surface area contributed by atoms with Gasteiger partial charge in [-0.05, 0) is 18.2 Å². The highest BCUT2D eigenvalue weighted by Crippen LogP contribution is 2.48. The molecule has 1 atom stereocenters. The zero-order valence-corrected chi connectivity index (χ0v) is 18.3. The number of hydrogen-bond donors (Lipinski definition) is 1. The van der Waals surface area contributed by atoms with Gasteiger partial charge in [-0.25, -0.2) is 4.39 Å². The molecule has 2 aliphatic heterocycles. The molecule has 3 heterocycles. The zero-order valence-electron chi connectivity index (χ0n) is 17.5. The van der Waals surface area contributed by atoms with Crippen molar-refractivity contribution >= 4 is 28.4 Å². The first-order valence-corrected chi connectivity index (χ1v) is 10.7. The van der Waals surface area contributed by atoms with Crippen molar-refractivity contribution in [1.29, 1.82) is 0 Å². The van der Waals surface area contributed by atoms with Gasteiger partial charge in [-0.3, -0.25) is 14.4 Å². The smallest absolute Gasteiger partial charge is 0.246 e. The van der Waals surface area contributed by atoms with E-state index in [1.54, 1.807) is 15.8 Å². The van der Waals surface area contributed by atoms with Crippen molar-refractivity contribution in [1.82, 2.24) is 19.6 Å². The summed E-state index contributed by atoms with van der Waals surface area (Å²) in [5.41, 5.74) is 2.00. The molecule has 0 saturated carbocycles. The summed E-state index contributed by atoms with van der Waals surface area (Å²) in [6.07, 6.45) is 2.96. The van der Waals surface area contributed by atoms with Crippen LogP contribution in [0.1, 0.15) is 5.56 Å². The third-order valence-electron chi connectivity index (χ3n) is 6.30. The minimum absolute atomic E-state index is 0.0200. The first-order valence-electron chi connectivity index (χ1n) is 10.3. The lowest BCUT2D eigenvalue weighted by Gasteiger charge is -2.39. The fraction of sp³-hybridized carbons (Fsp3) is 0.304. The van der Waals surface area contributed by atoms with E-state index < -0.39 is 5.82 Å². The Balaban J connectivity index is 1.66. The number of aryl methyl sites for hydroxylation is 1. The average Bonchev–Trinajstić information content (AvgIpc) is 3.05. The lowest BCUT2D eigenvalue weighted by Crippen LogP contribution is -2.55. The van der Waals surface area contributed by atoms with Gasteiger partial charge in [0.15, 0.2) is 0 Å². The highest BCUT2D eigenvalue weighted by Gasteiger charge is 2.35. The summed E-state index contributed by atoms with van der Waals surface area (Å²) >= 11 is 6.83. The second-order valence-electron chi connectivity index (χ2n) is 8.08. The molecule has 32 heavy (non-hydrogen) atoms. The van der Waals surface area contributed by atoms with Crippen LogP contribution in [-0.2, 0) is 18.4 Å². The Labute approximate surface area is 189 Å². The predicted molar refractivity (Wildman–Crippen MR) is 119 cm³/mol. The van der Waals surface area contributed by atoms with Crippen LogP contribution in [-0.4, -0.2) is 62.9 Å². The summed E-state index contributed by atoms with van der Waals surface area (Å²) in [4.78, 5) is 16.1. The molecule has 166 valence electrons. The van der Waals surface area contributed by atoms with Crippen LogP contribution in [0.15, 0.2) is 37.1 Å². The van der Waals surface area contributed by atoms with Gasteiger partial charge >= 0.3 is 0 Å². The lowest BCUT2D eigenvalue weighted by molar-refractivity contribution is -0.129. The Kier molecular flexibility index (Phi) is 5.06. The van der Waals surface area contributed by atoms with Gasteiger partial charge in [0.25, 0.3) is 0 Å². The SMILES string of the molecule is C=CC(=O)N1CCN2Cc3c(c(Cl)c(-c4c(O)cccc4F)c4cnn(C)c34)OCC2C1. The number of halogens is 2. The quantitative estimate of drug-likeness (QED) is 0.599. The summed E-state index contributed by atoms with van der Waals surface area (Å²) in [7, 11) is 1.81. The summed E-state index contributed by atoms with van der Waals surface area (Å²) in [6, 6.07) is 4.13. The van der Waals surface area contributed by atoms with Gasteiger partial charge in [-0.1, -0.05) is 24.2 Å². The largest absolute Gasteiger partial charge is 0.507 e. The molecule has 5 rings (SSSR count). The maximum absolute atomic E-state index is 14.8. The summed E-state index contributed by atoms with van der Waals surface area (Å²) in [5, 5.41) is 15.7. The van der Waals surface area contributed by atoms with E-state index in [0.717, 1.165) is 11.1 Å². The van der Waals surface area contributed by atoms with E-state index in [0.29, 0.717) is 49.5 Å². The molecule has 2 aliphatic rings. The molecule has 0 aliphatic carbocycles. The molecule has 1 saturated heterocycles. The summed E-state index contributed by atoms with van der Waals surface area (Å²) in [5.74, 6) is -0.435. The molecule has 1 fully saturated rings. The van der Waals surface area contributed by atoms with Gasteiger partial charge in [0.05, 0.1) is 28.3 Å². The third kappa shape index (κ3) is 3.13. The molecule has 1 unspecified atom stereocenters. The number of aromatic nitrogens is 2. The van der Waals surface area contributed by atoms with Crippen molar-refractivity contribution in [2.75, 3.05) is 26.2 Å². The van der Waals surface area contributed by atoms with Crippen LogP contribution in [0.2, 0.25) is 5.02 Å². The van der Waals surface area contributed by atoms with E-state index >= 15 is 0 Å². The molecule has 9 heteroatoms. The number of nitrogens with zero attached hydrogens (tertiary/aromatic N) is 4. The van der Waals surface area contributed by atoms with Crippen molar-refractivity contribution in [2.24, 2.45) is 7.05 Å². The van der Waals surface area contributed by atoms with Crippen LogP contribution in [0.5, 0.6) is 11.5 Å². The second kappa shape index (κ2) is 7.79. The Bertz CT molecular complexity index is 1240. The Morgan fingerprint density at radius 3 is 2.94 bits per heavy atom. The molecular formula is C23H22ClFN4O3. The topological polar surface area (TPSA) is 70.8 Å². The number of aromatic hydroxyl groups is 1. The van der Waals surface area contributed by atoms with Gasteiger partial charge in [0, 0.05) is 49.7 Å². The van der Waals surface area contributed by atoms with Crippen molar-refractivity contribution in [3.05, 3.63) is 53.5 Å². The summed E-state index contributed by atoms with van der Waals surface area (Å²) < 4.78 is 22.7. The molecule has 0 spiro atoms. The number of amides is 1. The van der Waals surface area contributed by atoms with Gasteiger partial charge < -0.3 is 14.7 Å². The van der Waals surface area contributed by atoms with E-state index in [9.17, 15) is 14.3 Å². The second-order valence-corrected chi connectivity index (χ2v) is 8.46. The number of carbonyl (C=O) groups excluding carboxylic acids is 1.